The topological polar surface area (TPSA) is 15.3 Å². The molecule has 2 fully saturated rings. The lowest BCUT2D eigenvalue weighted by molar-refractivity contribution is 0.264. The number of nitrogens with zero attached hydrogens (tertiary/aromatic N) is 1. The predicted octanol–water partition coefficient (Wildman–Crippen LogP) is 2.61. The second-order valence-corrected chi connectivity index (χ2v) is 7.14. The second-order valence-electron chi connectivity index (χ2n) is 6.11. The van der Waals surface area contributed by atoms with Gasteiger partial charge in [0.05, 0.1) is 0 Å². The Morgan fingerprint density at radius 3 is 3.00 bits per heavy atom. The third kappa shape index (κ3) is 2.79. The molecule has 1 saturated carbocycles. The summed E-state index contributed by atoms with van der Waals surface area (Å²) >= 11 is 1.89. The van der Waals surface area contributed by atoms with Crippen LogP contribution in [0, 0.1) is 11.3 Å². The van der Waals surface area contributed by atoms with Crippen molar-refractivity contribution >= 4 is 11.3 Å². The molecule has 3 heteroatoms. The average Bonchev–Trinajstić information content (AvgIpc) is 2.82. The van der Waals surface area contributed by atoms with Gasteiger partial charge in [0.25, 0.3) is 0 Å². The first-order chi connectivity index (χ1) is 8.78. The number of hydrogen-bond donors (Lipinski definition) is 1. The van der Waals surface area contributed by atoms with Gasteiger partial charge in [-0.1, -0.05) is 6.07 Å². The minimum absolute atomic E-state index is 0.739. The van der Waals surface area contributed by atoms with E-state index in [9.17, 15) is 0 Å². The Kier molecular flexibility index (Phi) is 3.73. The van der Waals surface area contributed by atoms with E-state index in [0.29, 0.717) is 0 Å². The molecule has 0 amide bonds. The van der Waals surface area contributed by atoms with Crippen molar-refractivity contribution in [3.63, 3.8) is 0 Å². The summed E-state index contributed by atoms with van der Waals surface area (Å²) < 4.78 is 0. The fraction of sp³-hybridized carbons (Fsp3) is 0.733. The molecule has 2 aliphatic rings. The van der Waals surface area contributed by atoms with Crippen LogP contribution >= 0.6 is 11.3 Å². The maximum atomic E-state index is 3.49. The highest BCUT2D eigenvalue weighted by Gasteiger charge is 2.53. The van der Waals surface area contributed by atoms with Crippen molar-refractivity contribution in [1.29, 1.82) is 0 Å². The SMILES string of the molecule is CN(CCc1cccs1)CC1CC12CCNCC2. The number of thiophene rings is 1. The molecule has 1 spiro atoms. The van der Waals surface area contributed by atoms with Crippen LogP contribution in [0.2, 0.25) is 0 Å². The monoisotopic (exact) mass is 264 g/mol. The van der Waals surface area contributed by atoms with Gasteiger partial charge in [-0.15, -0.1) is 11.3 Å². The summed E-state index contributed by atoms with van der Waals surface area (Å²) in [5.74, 6) is 0.980. The van der Waals surface area contributed by atoms with E-state index in [-0.39, 0.29) is 0 Å². The van der Waals surface area contributed by atoms with Crippen molar-refractivity contribution in [1.82, 2.24) is 10.2 Å². The smallest absolute Gasteiger partial charge is 0.00579 e. The maximum Gasteiger partial charge on any atom is 0.00579 e. The van der Waals surface area contributed by atoms with Crippen LogP contribution in [0.25, 0.3) is 0 Å². The summed E-state index contributed by atoms with van der Waals surface area (Å²) in [6.07, 6.45) is 5.53. The normalized spacial score (nSPS) is 25.8. The zero-order valence-electron chi connectivity index (χ0n) is 11.3. The Hall–Kier alpha value is -0.380. The van der Waals surface area contributed by atoms with Crippen molar-refractivity contribution in [3.8, 4) is 0 Å². The van der Waals surface area contributed by atoms with Crippen molar-refractivity contribution in [2.45, 2.75) is 25.7 Å². The first kappa shape index (κ1) is 12.6. The number of piperidine rings is 1. The Bertz CT molecular complexity index is 368. The third-order valence-electron chi connectivity index (χ3n) is 4.81. The van der Waals surface area contributed by atoms with E-state index in [4.69, 9.17) is 0 Å². The number of nitrogens with one attached hydrogen (secondary N) is 1. The molecule has 1 atom stereocenters. The Morgan fingerprint density at radius 2 is 2.28 bits per heavy atom. The van der Waals surface area contributed by atoms with E-state index in [1.54, 1.807) is 0 Å². The van der Waals surface area contributed by atoms with Gasteiger partial charge >= 0.3 is 0 Å². The molecule has 0 radical (unpaired) electrons. The fourth-order valence-electron chi connectivity index (χ4n) is 3.45. The predicted molar refractivity (Wildman–Crippen MR) is 78.2 cm³/mol. The van der Waals surface area contributed by atoms with E-state index < -0.39 is 0 Å². The lowest BCUT2D eigenvalue weighted by atomic mass is 9.92. The zero-order chi connectivity index (χ0) is 12.4. The second kappa shape index (κ2) is 5.32. The van der Waals surface area contributed by atoms with Gasteiger partial charge in [0.1, 0.15) is 0 Å². The summed E-state index contributed by atoms with van der Waals surface area (Å²) in [6, 6.07) is 4.41. The van der Waals surface area contributed by atoms with Gasteiger partial charge in [0.15, 0.2) is 0 Å². The quantitative estimate of drug-likeness (QED) is 0.879. The zero-order valence-corrected chi connectivity index (χ0v) is 12.1. The van der Waals surface area contributed by atoms with Crippen molar-refractivity contribution in [2.75, 3.05) is 33.2 Å². The molecular weight excluding hydrogens is 240 g/mol. The fourth-order valence-corrected chi connectivity index (χ4v) is 4.15. The summed E-state index contributed by atoms with van der Waals surface area (Å²) in [4.78, 5) is 4.07. The number of likely N-dealkylation sites (N-methyl/N-ethyl adjacent to an activating group) is 1. The Labute approximate surface area is 114 Å². The minimum atomic E-state index is 0.739. The first-order valence-corrected chi connectivity index (χ1v) is 8.08. The van der Waals surface area contributed by atoms with Gasteiger partial charge in [0, 0.05) is 18.0 Å². The molecule has 1 unspecified atom stereocenters. The molecule has 1 aromatic rings. The van der Waals surface area contributed by atoms with Crippen LogP contribution in [0.5, 0.6) is 0 Å². The summed E-state index contributed by atoms with van der Waals surface area (Å²) in [7, 11) is 2.29. The van der Waals surface area contributed by atoms with E-state index >= 15 is 0 Å². The lowest BCUT2D eigenvalue weighted by Gasteiger charge is -2.25. The average molecular weight is 264 g/mol. The molecule has 18 heavy (non-hydrogen) atoms. The number of rotatable bonds is 5. The van der Waals surface area contributed by atoms with Crippen LogP contribution in [0.15, 0.2) is 17.5 Å². The standard InChI is InChI=1S/C15H24N2S/c1-17(9-4-14-3-2-10-18-14)12-13-11-15(13)5-7-16-8-6-15/h2-3,10,13,16H,4-9,11-12H2,1H3. The highest BCUT2D eigenvalue weighted by Crippen LogP contribution is 2.58. The van der Waals surface area contributed by atoms with Crippen LogP contribution in [0.4, 0.5) is 0 Å². The largest absolute Gasteiger partial charge is 0.317 e. The van der Waals surface area contributed by atoms with Crippen LogP contribution in [0.3, 0.4) is 0 Å². The van der Waals surface area contributed by atoms with Gasteiger partial charge in [-0.05, 0) is 68.6 Å². The van der Waals surface area contributed by atoms with Crippen molar-refractivity contribution in [3.05, 3.63) is 22.4 Å². The van der Waals surface area contributed by atoms with E-state index in [1.807, 2.05) is 11.3 Å². The summed E-state index contributed by atoms with van der Waals surface area (Å²) in [6.45, 7) is 5.02. The lowest BCUT2D eigenvalue weighted by Crippen LogP contribution is -2.32. The summed E-state index contributed by atoms with van der Waals surface area (Å²) in [5, 5.41) is 5.67. The summed E-state index contributed by atoms with van der Waals surface area (Å²) in [5.41, 5.74) is 0.739. The molecule has 2 heterocycles. The van der Waals surface area contributed by atoms with E-state index in [1.165, 1.54) is 56.7 Å². The maximum absolute atomic E-state index is 3.49. The molecule has 1 aromatic heterocycles. The van der Waals surface area contributed by atoms with Crippen molar-refractivity contribution in [2.24, 2.45) is 11.3 Å². The van der Waals surface area contributed by atoms with Crippen molar-refractivity contribution < 1.29 is 0 Å². The van der Waals surface area contributed by atoms with E-state index in [0.717, 1.165) is 11.3 Å². The molecule has 3 rings (SSSR count). The van der Waals surface area contributed by atoms with E-state index in [2.05, 4.69) is 34.8 Å². The Balaban J connectivity index is 1.41. The molecule has 1 aliphatic carbocycles. The number of hydrogen-bond acceptors (Lipinski definition) is 3. The van der Waals surface area contributed by atoms with Gasteiger partial charge in [-0.2, -0.15) is 0 Å². The molecule has 100 valence electrons. The van der Waals surface area contributed by atoms with Gasteiger partial charge in [0.2, 0.25) is 0 Å². The van der Waals surface area contributed by atoms with Crippen LogP contribution in [-0.2, 0) is 6.42 Å². The van der Waals surface area contributed by atoms with Crippen LogP contribution in [0.1, 0.15) is 24.1 Å². The molecule has 0 bridgehead atoms. The minimum Gasteiger partial charge on any atom is -0.317 e. The molecule has 2 nitrogen and oxygen atoms in total. The van der Waals surface area contributed by atoms with Gasteiger partial charge in [-0.25, -0.2) is 0 Å². The molecule has 1 aliphatic heterocycles. The highest BCUT2D eigenvalue weighted by atomic mass is 32.1. The molecular formula is C15H24N2S. The van der Waals surface area contributed by atoms with Crippen LogP contribution < -0.4 is 5.32 Å². The third-order valence-corrected chi connectivity index (χ3v) is 5.75. The molecule has 0 aromatic carbocycles. The van der Waals surface area contributed by atoms with Gasteiger partial charge in [-0.3, -0.25) is 0 Å². The first-order valence-electron chi connectivity index (χ1n) is 7.20. The van der Waals surface area contributed by atoms with Gasteiger partial charge < -0.3 is 10.2 Å². The molecule has 1 N–H and O–H groups in total. The Morgan fingerprint density at radius 1 is 1.44 bits per heavy atom. The highest BCUT2D eigenvalue weighted by molar-refractivity contribution is 7.09. The molecule has 1 saturated heterocycles. The van der Waals surface area contributed by atoms with Crippen LogP contribution in [-0.4, -0.2) is 38.1 Å².